The molecule has 0 aliphatic carbocycles. The minimum atomic E-state index is 0.234. The van der Waals surface area contributed by atoms with Crippen molar-refractivity contribution in [3.63, 3.8) is 0 Å². The highest BCUT2D eigenvalue weighted by Crippen LogP contribution is 2.28. The number of hydrogen-bond donors (Lipinski definition) is 0. The molecule has 0 spiro atoms. The molecule has 0 saturated carbocycles. The number of hydrogen-bond acceptors (Lipinski definition) is 1. The summed E-state index contributed by atoms with van der Waals surface area (Å²) in [5.74, 6) is 0.846. The summed E-state index contributed by atoms with van der Waals surface area (Å²) in [6.07, 6.45) is 1.23. The summed E-state index contributed by atoms with van der Waals surface area (Å²) < 4.78 is 6.55. The molecule has 13 heavy (non-hydrogen) atoms. The monoisotopic (exact) mass is 262 g/mol. The highest BCUT2D eigenvalue weighted by atomic mass is 79.9. The van der Waals surface area contributed by atoms with Gasteiger partial charge in [0.2, 0.25) is 0 Å². The molecule has 0 aliphatic heterocycles. The van der Waals surface area contributed by atoms with Crippen molar-refractivity contribution in [3.05, 3.63) is 27.7 Å². The van der Waals surface area contributed by atoms with Crippen molar-refractivity contribution in [1.82, 2.24) is 0 Å². The number of halogens is 2. The third-order valence-corrected chi connectivity index (χ3v) is 2.65. The van der Waals surface area contributed by atoms with Crippen LogP contribution in [0.3, 0.4) is 0 Å². The first-order chi connectivity index (χ1) is 6.13. The summed E-state index contributed by atoms with van der Waals surface area (Å²) in [6, 6.07) is 5.53. The topological polar surface area (TPSA) is 9.23 Å². The molecule has 1 nitrogen and oxygen atoms in total. The normalized spacial score (nSPS) is 12.6. The zero-order chi connectivity index (χ0) is 9.84. The molecular formula is C10H12BrClO. The molecule has 3 heteroatoms. The van der Waals surface area contributed by atoms with Gasteiger partial charge in [0.1, 0.15) is 5.75 Å². The van der Waals surface area contributed by atoms with Crippen LogP contribution in [0.5, 0.6) is 5.75 Å². The lowest BCUT2D eigenvalue weighted by molar-refractivity contribution is 0.216. The molecule has 1 atom stereocenters. The molecule has 1 rings (SSSR count). The highest BCUT2D eigenvalue weighted by molar-refractivity contribution is 9.10. The number of benzene rings is 1. The van der Waals surface area contributed by atoms with E-state index < -0.39 is 0 Å². The van der Waals surface area contributed by atoms with Gasteiger partial charge >= 0.3 is 0 Å². The van der Waals surface area contributed by atoms with Crippen LogP contribution >= 0.6 is 27.5 Å². The number of ether oxygens (including phenoxy) is 1. The fraction of sp³-hybridized carbons (Fsp3) is 0.400. The van der Waals surface area contributed by atoms with Crippen molar-refractivity contribution >= 4 is 27.5 Å². The zero-order valence-electron chi connectivity index (χ0n) is 7.68. The second-order valence-electron chi connectivity index (χ2n) is 2.91. The molecular weight excluding hydrogens is 251 g/mol. The maximum absolute atomic E-state index is 5.80. The third kappa shape index (κ3) is 3.20. The van der Waals surface area contributed by atoms with Crippen molar-refractivity contribution in [1.29, 1.82) is 0 Å². The minimum absolute atomic E-state index is 0.234. The SMILES string of the molecule is CCC(C)Oc1ccc(Cl)cc1Br. The van der Waals surface area contributed by atoms with Crippen molar-refractivity contribution < 1.29 is 4.74 Å². The molecule has 0 amide bonds. The van der Waals surface area contributed by atoms with Gasteiger partial charge in [0.05, 0.1) is 10.6 Å². The van der Waals surface area contributed by atoms with Crippen LogP contribution in [0.1, 0.15) is 20.3 Å². The molecule has 0 aromatic heterocycles. The average Bonchev–Trinajstić information content (AvgIpc) is 2.09. The molecule has 0 fully saturated rings. The molecule has 0 N–H and O–H groups in total. The van der Waals surface area contributed by atoms with Crippen LogP contribution in [0.15, 0.2) is 22.7 Å². The predicted octanol–water partition coefficient (Wildman–Crippen LogP) is 4.28. The van der Waals surface area contributed by atoms with E-state index in [2.05, 4.69) is 22.9 Å². The van der Waals surface area contributed by atoms with Crippen LogP contribution in [0.2, 0.25) is 5.02 Å². The summed E-state index contributed by atoms with van der Waals surface area (Å²) in [4.78, 5) is 0. The summed E-state index contributed by atoms with van der Waals surface area (Å²) in [5, 5.41) is 0.711. The van der Waals surface area contributed by atoms with E-state index in [1.54, 1.807) is 0 Å². The Hall–Kier alpha value is -0.210. The first-order valence-corrected chi connectivity index (χ1v) is 5.42. The molecule has 72 valence electrons. The zero-order valence-corrected chi connectivity index (χ0v) is 10.0. The summed E-state index contributed by atoms with van der Waals surface area (Å²) in [6.45, 7) is 4.13. The van der Waals surface area contributed by atoms with Gasteiger partial charge in [0.15, 0.2) is 0 Å². The molecule has 0 aliphatic rings. The fourth-order valence-corrected chi connectivity index (χ4v) is 1.65. The van der Waals surface area contributed by atoms with Gasteiger partial charge in [-0.2, -0.15) is 0 Å². The Balaban J connectivity index is 2.77. The fourth-order valence-electron chi connectivity index (χ4n) is 0.871. The summed E-state index contributed by atoms with van der Waals surface area (Å²) in [7, 11) is 0. The molecule has 1 aromatic rings. The molecule has 0 radical (unpaired) electrons. The van der Waals surface area contributed by atoms with Gasteiger partial charge in [0.25, 0.3) is 0 Å². The van der Waals surface area contributed by atoms with Crippen molar-refractivity contribution in [2.45, 2.75) is 26.4 Å². The lowest BCUT2D eigenvalue weighted by atomic mass is 10.3. The summed E-state index contributed by atoms with van der Waals surface area (Å²) in [5.41, 5.74) is 0. The van der Waals surface area contributed by atoms with Gasteiger partial charge in [-0.3, -0.25) is 0 Å². The Morgan fingerprint density at radius 1 is 1.54 bits per heavy atom. The van der Waals surface area contributed by atoms with E-state index in [0.29, 0.717) is 5.02 Å². The first-order valence-electron chi connectivity index (χ1n) is 4.25. The van der Waals surface area contributed by atoms with Crippen LogP contribution in [-0.4, -0.2) is 6.10 Å². The van der Waals surface area contributed by atoms with Crippen molar-refractivity contribution in [3.8, 4) is 5.75 Å². The van der Waals surface area contributed by atoms with E-state index in [-0.39, 0.29) is 6.10 Å². The van der Waals surface area contributed by atoms with Crippen LogP contribution in [0.4, 0.5) is 0 Å². The van der Waals surface area contributed by atoms with Crippen LogP contribution < -0.4 is 4.74 Å². The largest absolute Gasteiger partial charge is 0.490 e. The summed E-state index contributed by atoms with van der Waals surface area (Å²) >= 11 is 9.20. The molecule has 0 heterocycles. The Bertz CT molecular complexity index is 288. The second-order valence-corrected chi connectivity index (χ2v) is 4.20. The molecule has 0 bridgehead atoms. The maximum atomic E-state index is 5.80. The quantitative estimate of drug-likeness (QED) is 0.791. The van der Waals surface area contributed by atoms with Gasteiger partial charge in [-0.05, 0) is 47.5 Å². The maximum Gasteiger partial charge on any atom is 0.133 e. The van der Waals surface area contributed by atoms with Crippen LogP contribution in [-0.2, 0) is 0 Å². The molecule has 0 saturated heterocycles. The van der Waals surface area contributed by atoms with Gasteiger partial charge < -0.3 is 4.74 Å². The molecule has 1 unspecified atom stereocenters. The van der Waals surface area contributed by atoms with Gasteiger partial charge in [0, 0.05) is 5.02 Å². The van der Waals surface area contributed by atoms with Crippen molar-refractivity contribution in [2.24, 2.45) is 0 Å². The van der Waals surface area contributed by atoms with Crippen LogP contribution in [0.25, 0.3) is 0 Å². The Morgan fingerprint density at radius 2 is 2.23 bits per heavy atom. The van der Waals surface area contributed by atoms with Gasteiger partial charge in [-0.1, -0.05) is 18.5 Å². The lowest BCUT2D eigenvalue weighted by Gasteiger charge is -2.13. The first kappa shape index (κ1) is 10.9. The van der Waals surface area contributed by atoms with E-state index >= 15 is 0 Å². The van der Waals surface area contributed by atoms with Gasteiger partial charge in [-0.15, -0.1) is 0 Å². The van der Waals surface area contributed by atoms with Crippen LogP contribution in [0, 0.1) is 0 Å². The van der Waals surface area contributed by atoms with E-state index in [1.165, 1.54) is 0 Å². The lowest BCUT2D eigenvalue weighted by Crippen LogP contribution is -2.09. The van der Waals surface area contributed by atoms with E-state index in [0.717, 1.165) is 16.6 Å². The second kappa shape index (κ2) is 4.87. The molecule has 1 aromatic carbocycles. The Labute approximate surface area is 92.2 Å². The number of rotatable bonds is 3. The van der Waals surface area contributed by atoms with E-state index in [9.17, 15) is 0 Å². The van der Waals surface area contributed by atoms with E-state index in [4.69, 9.17) is 16.3 Å². The third-order valence-electron chi connectivity index (χ3n) is 1.80. The Morgan fingerprint density at radius 3 is 2.77 bits per heavy atom. The highest BCUT2D eigenvalue weighted by Gasteiger charge is 2.05. The van der Waals surface area contributed by atoms with Gasteiger partial charge in [-0.25, -0.2) is 0 Å². The smallest absolute Gasteiger partial charge is 0.133 e. The minimum Gasteiger partial charge on any atom is -0.490 e. The standard InChI is InChI=1S/C10H12BrClO/c1-3-7(2)13-10-5-4-8(12)6-9(10)11/h4-7H,3H2,1-2H3. The van der Waals surface area contributed by atoms with Crippen molar-refractivity contribution in [2.75, 3.05) is 0 Å². The Kier molecular flexibility index (Phi) is 4.07. The van der Waals surface area contributed by atoms with E-state index in [1.807, 2.05) is 25.1 Å². The predicted molar refractivity (Wildman–Crippen MR) is 59.5 cm³/mol. The average molecular weight is 264 g/mol.